The van der Waals surface area contributed by atoms with Crippen LogP contribution >= 0.6 is 11.3 Å². The third-order valence-electron chi connectivity index (χ3n) is 2.49. The first kappa shape index (κ1) is 8.62. The summed E-state index contributed by atoms with van der Waals surface area (Å²) in [5, 5.41) is 4.28. The van der Waals surface area contributed by atoms with Gasteiger partial charge < -0.3 is 0 Å². The van der Waals surface area contributed by atoms with Gasteiger partial charge in [0.1, 0.15) is 0 Å². The van der Waals surface area contributed by atoms with Crippen molar-refractivity contribution in [3.63, 3.8) is 0 Å². The van der Waals surface area contributed by atoms with Crippen molar-refractivity contribution in [2.45, 2.75) is 0 Å². The van der Waals surface area contributed by atoms with E-state index in [0.29, 0.717) is 0 Å². The molecule has 0 saturated heterocycles. The zero-order valence-electron chi connectivity index (χ0n) is 8.13. The third kappa shape index (κ3) is 1.53. The molecule has 0 N–H and O–H groups in total. The lowest BCUT2D eigenvalue weighted by Crippen LogP contribution is -2.19. The first-order chi connectivity index (χ1) is 7.43. The molecule has 3 aromatic rings. The van der Waals surface area contributed by atoms with Gasteiger partial charge in [0.05, 0.1) is 0 Å². The predicted octanol–water partition coefficient (Wildman–Crippen LogP) is 3.15. The predicted molar refractivity (Wildman–Crippen MR) is 62.9 cm³/mol. The Bertz CT molecular complexity index is 584. The number of hydrogen-bond acceptors (Lipinski definition) is 1. The van der Waals surface area contributed by atoms with Crippen molar-refractivity contribution >= 4 is 16.9 Å². The van der Waals surface area contributed by atoms with Gasteiger partial charge in [0.25, 0.3) is 0 Å². The van der Waals surface area contributed by atoms with Crippen LogP contribution in [0, 0.1) is 0 Å². The zero-order chi connectivity index (χ0) is 10.1. The van der Waals surface area contributed by atoms with Crippen LogP contribution in [0.3, 0.4) is 0 Å². The lowest BCUT2D eigenvalue weighted by Gasteiger charge is -1.95. The van der Waals surface area contributed by atoms with Crippen molar-refractivity contribution in [3.05, 3.63) is 59.6 Å². The number of aromatic nitrogens is 1. The number of pyridine rings is 2. The minimum Gasteiger partial charge on any atom is -0.167 e. The van der Waals surface area contributed by atoms with Crippen molar-refractivity contribution in [2.24, 2.45) is 0 Å². The van der Waals surface area contributed by atoms with Crippen LogP contribution < -0.4 is 4.40 Å². The van der Waals surface area contributed by atoms with Crippen molar-refractivity contribution in [3.8, 4) is 11.1 Å². The van der Waals surface area contributed by atoms with E-state index >= 15 is 0 Å². The summed E-state index contributed by atoms with van der Waals surface area (Å²) in [5.74, 6) is 0. The Morgan fingerprint density at radius 2 is 1.93 bits per heavy atom. The molecule has 0 aliphatic carbocycles. The maximum absolute atomic E-state index is 2.17. The van der Waals surface area contributed by atoms with E-state index in [4.69, 9.17) is 0 Å². The van der Waals surface area contributed by atoms with Gasteiger partial charge in [-0.1, -0.05) is 0 Å². The van der Waals surface area contributed by atoms with E-state index in [9.17, 15) is 0 Å². The molecule has 0 radical (unpaired) electrons. The molecule has 0 unspecified atom stereocenters. The monoisotopic (exact) mass is 212 g/mol. The summed E-state index contributed by atoms with van der Waals surface area (Å²) in [6.07, 6.45) is 4.24. The summed E-state index contributed by atoms with van der Waals surface area (Å²) in [6, 6.07) is 12.7. The number of rotatable bonds is 1. The molecule has 0 spiro atoms. The third-order valence-corrected chi connectivity index (χ3v) is 3.17. The normalized spacial score (nSPS) is 10.7. The number of nitrogens with zero attached hydrogens (tertiary/aromatic N) is 1. The molecule has 15 heavy (non-hydrogen) atoms. The van der Waals surface area contributed by atoms with E-state index in [1.54, 1.807) is 11.3 Å². The average Bonchev–Trinajstić information content (AvgIpc) is 2.82. The molecule has 0 bridgehead atoms. The highest BCUT2D eigenvalue weighted by Crippen LogP contribution is 2.20. The van der Waals surface area contributed by atoms with E-state index in [2.05, 4.69) is 57.9 Å². The van der Waals surface area contributed by atoms with Crippen molar-refractivity contribution in [2.75, 3.05) is 0 Å². The molecule has 0 amide bonds. The second-order valence-corrected chi connectivity index (χ2v) is 4.24. The van der Waals surface area contributed by atoms with Crippen LogP contribution in [0.1, 0.15) is 0 Å². The maximum Gasteiger partial charge on any atom is 0.210 e. The van der Waals surface area contributed by atoms with E-state index in [1.165, 1.54) is 16.6 Å². The largest absolute Gasteiger partial charge is 0.210 e. The summed E-state index contributed by atoms with van der Waals surface area (Å²) in [5.41, 5.74) is 3.77. The molecule has 0 atom stereocenters. The highest BCUT2D eigenvalue weighted by molar-refractivity contribution is 7.08. The van der Waals surface area contributed by atoms with Gasteiger partial charge in [-0.05, 0) is 34.5 Å². The minimum atomic E-state index is 1.22. The Hall–Kier alpha value is -1.67. The maximum atomic E-state index is 2.17. The summed E-state index contributed by atoms with van der Waals surface area (Å²) in [7, 11) is 0. The Balaban J connectivity index is 2.22. The topological polar surface area (TPSA) is 4.10 Å². The van der Waals surface area contributed by atoms with Crippen LogP contribution in [0.15, 0.2) is 59.6 Å². The molecule has 3 aromatic heterocycles. The first-order valence-corrected chi connectivity index (χ1v) is 5.80. The second kappa shape index (κ2) is 3.48. The minimum absolute atomic E-state index is 1.22. The molecule has 3 rings (SSSR count). The lowest BCUT2D eigenvalue weighted by molar-refractivity contribution is -0.511. The highest BCUT2D eigenvalue weighted by Gasteiger charge is 2.04. The Labute approximate surface area is 92.3 Å². The summed E-state index contributed by atoms with van der Waals surface area (Å²) >= 11 is 1.73. The Kier molecular flexibility index (Phi) is 2.00. The molecule has 0 aromatic carbocycles. The highest BCUT2D eigenvalue weighted by atomic mass is 32.1. The van der Waals surface area contributed by atoms with E-state index in [1.807, 2.05) is 6.07 Å². The van der Waals surface area contributed by atoms with Crippen LogP contribution in [0.25, 0.3) is 16.6 Å². The van der Waals surface area contributed by atoms with Gasteiger partial charge >= 0.3 is 0 Å². The Morgan fingerprint density at radius 3 is 2.80 bits per heavy atom. The molecular weight excluding hydrogens is 202 g/mol. The molecule has 1 nitrogen and oxygen atoms in total. The van der Waals surface area contributed by atoms with Crippen molar-refractivity contribution in [1.29, 1.82) is 0 Å². The number of hydrogen-bond donors (Lipinski definition) is 0. The van der Waals surface area contributed by atoms with Gasteiger partial charge in [0.15, 0.2) is 12.4 Å². The van der Waals surface area contributed by atoms with Crippen LogP contribution in [-0.4, -0.2) is 0 Å². The van der Waals surface area contributed by atoms with Crippen LogP contribution in [0.5, 0.6) is 0 Å². The van der Waals surface area contributed by atoms with Gasteiger partial charge in [-0.25, -0.2) is 0 Å². The average molecular weight is 212 g/mol. The van der Waals surface area contributed by atoms with E-state index in [-0.39, 0.29) is 0 Å². The fraction of sp³-hybridized carbons (Fsp3) is 0. The summed E-state index contributed by atoms with van der Waals surface area (Å²) in [6.45, 7) is 0. The van der Waals surface area contributed by atoms with E-state index in [0.717, 1.165) is 0 Å². The Morgan fingerprint density at radius 1 is 0.933 bits per heavy atom. The number of thiophene rings is 1. The molecule has 0 aliphatic rings. The summed E-state index contributed by atoms with van der Waals surface area (Å²) < 4.78 is 2.15. The molecular formula is C13H10NS+. The van der Waals surface area contributed by atoms with Crippen molar-refractivity contribution < 1.29 is 4.40 Å². The van der Waals surface area contributed by atoms with Crippen LogP contribution in [-0.2, 0) is 0 Å². The molecule has 2 heteroatoms. The van der Waals surface area contributed by atoms with Gasteiger partial charge in [-0.15, -0.1) is 0 Å². The standard InChI is InChI=1S/C13H10NS/c1-2-7-14-9-11(4-5-13(14)3-1)12-6-8-15-10-12/h1-10H/q+1. The SMILES string of the molecule is c1cc[n+]2cc(-c3ccsc3)ccc2c1. The van der Waals surface area contributed by atoms with E-state index < -0.39 is 0 Å². The van der Waals surface area contributed by atoms with Crippen LogP contribution in [0.4, 0.5) is 0 Å². The van der Waals surface area contributed by atoms with Gasteiger partial charge in [-0.3, -0.25) is 0 Å². The molecule has 0 saturated carbocycles. The van der Waals surface area contributed by atoms with Crippen molar-refractivity contribution in [1.82, 2.24) is 0 Å². The fourth-order valence-electron chi connectivity index (χ4n) is 1.70. The quantitative estimate of drug-likeness (QED) is 0.546. The molecule has 0 fully saturated rings. The van der Waals surface area contributed by atoms with Gasteiger partial charge in [-0.2, -0.15) is 15.7 Å². The first-order valence-electron chi connectivity index (χ1n) is 4.86. The zero-order valence-corrected chi connectivity index (χ0v) is 8.95. The molecule has 3 heterocycles. The van der Waals surface area contributed by atoms with Crippen LogP contribution in [0.2, 0.25) is 0 Å². The van der Waals surface area contributed by atoms with Gasteiger partial charge in [0, 0.05) is 23.8 Å². The van der Waals surface area contributed by atoms with Gasteiger partial charge in [0.2, 0.25) is 5.52 Å². The second-order valence-electron chi connectivity index (χ2n) is 3.46. The lowest BCUT2D eigenvalue weighted by atomic mass is 10.1. The molecule has 0 aliphatic heterocycles. The smallest absolute Gasteiger partial charge is 0.167 e. The summed E-state index contributed by atoms with van der Waals surface area (Å²) in [4.78, 5) is 0. The fourth-order valence-corrected chi connectivity index (χ4v) is 2.36. The molecule has 72 valence electrons. The number of fused-ring (bicyclic) bond motifs is 1.